The average Bonchev–Trinajstić information content (AvgIpc) is 3.27. The van der Waals surface area contributed by atoms with Gasteiger partial charge in [-0.3, -0.25) is 14.7 Å². The van der Waals surface area contributed by atoms with Gasteiger partial charge in [0, 0.05) is 31.8 Å². The number of nitrogens with zero attached hydrogens (tertiary/aromatic N) is 4. The van der Waals surface area contributed by atoms with Crippen molar-refractivity contribution in [2.75, 3.05) is 44.9 Å². The number of hydrogen-bond donors (Lipinski definition) is 0. The second-order valence-electron chi connectivity index (χ2n) is 8.70. The standard InChI is InChI=1S/C26H28N4O6/c1-17(31)29(11-3-4-18-9-10-27-21-6-8-24(33-2)28-25(18)21)15-20-16-30(26(32)36-20)19-5-7-22-23(14-19)35-13-12-34-22/h5-10,14,20H,3-4,11-13,15-16H2,1-2H3/t20-/m1/s1. The highest BCUT2D eigenvalue weighted by Gasteiger charge is 2.34. The van der Waals surface area contributed by atoms with Gasteiger partial charge in [-0.25, -0.2) is 9.78 Å². The Hall–Kier alpha value is -4.08. The Morgan fingerprint density at radius 2 is 2.00 bits per heavy atom. The molecule has 10 nitrogen and oxygen atoms in total. The molecule has 1 fully saturated rings. The molecule has 4 heterocycles. The number of carbonyl (C=O) groups is 2. The summed E-state index contributed by atoms with van der Waals surface area (Å²) >= 11 is 0. The monoisotopic (exact) mass is 492 g/mol. The number of pyridine rings is 2. The van der Waals surface area contributed by atoms with Crippen LogP contribution in [0.1, 0.15) is 18.9 Å². The highest BCUT2D eigenvalue weighted by atomic mass is 16.6. The van der Waals surface area contributed by atoms with Crippen molar-refractivity contribution in [1.82, 2.24) is 14.9 Å². The van der Waals surface area contributed by atoms with E-state index in [0.29, 0.717) is 55.9 Å². The number of fused-ring (bicyclic) bond motifs is 2. The molecule has 0 unspecified atom stereocenters. The summed E-state index contributed by atoms with van der Waals surface area (Å²) in [6, 6.07) is 11.0. The van der Waals surface area contributed by atoms with Gasteiger partial charge in [-0.15, -0.1) is 0 Å². The van der Waals surface area contributed by atoms with Gasteiger partial charge in [0.15, 0.2) is 11.5 Å². The maximum Gasteiger partial charge on any atom is 0.414 e. The SMILES string of the molecule is COc1ccc2nccc(CCCN(C[C@@H]3CN(c4ccc5c(c4)OCCO5)C(=O)O3)C(C)=O)c2n1. The van der Waals surface area contributed by atoms with E-state index < -0.39 is 12.2 Å². The number of aromatic nitrogens is 2. The van der Waals surface area contributed by atoms with E-state index in [-0.39, 0.29) is 5.91 Å². The van der Waals surface area contributed by atoms with Crippen LogP contribution in [0.5, 0.6) is 17.4 Å². The van der Waals surface area contributed by atoms with E-state index in [1.807, 2.05) is 18.2 Å². The molecule has 10 heteroatoms. The largest absolute Gasteiger partial charge is 0.486 e. The van der Waals surface area contributed by atoms with Crippen LogP contribution in [0.15, 0.2) is 42.6 Å². The molecule has 0 N–H and O–H groups in total. The number of anilines is 1. The third-order valence-electron chi connectivity index (χ3n) is 6.31. The van der Waals surface area contributed by atoms with Crippen molar-refractivity contribution in [3.63, 3.8) is 0 Å². The molecule has 0 radical (unpaired) electrons. The molecule has 1 saturated heterocycles. The molecule has 2 aromatic heterocycles. The van der Waals surface area contributed by atoms with Crippen molar-refractivity contribution in [2.24, 2.45) is 0 Å². The van der Waals surface area contributed by atoms with E-state index in [2.05, 4.69) is 9.97 Å². The summed E-state index contributed by atoms with van der Waals surface area (Å²) in [6.07, 6.45) is 2.34. The van der Waals surface area contributed by atoms with E-state index in [0.717, 1.165) is 29.4 Å². The molecule has 188 valence electrons. The van der Waals surface area contributed by atoms with Gasteiger partial charge in [-0.05, 0) is 42.7 Å². The molecule has 0 spiro atoms. The lowest BCUT2D eigenvalue weighted by Crippen LogP contribution is -2.38. The Kier molecular flexibility index (Phi) is 6.75. The number of rotatable bonds is 8. The Morgan fingerprint density at radius 1 is 1.17 bits per heavy atom. The zero-order valence-corrected chi connectivity index (χ0v) is 20.3. The van der Waals surface area contributed by atoms with Crippen molar-refractivity contribution in [2.45, 2.75) is 25.9 Å². The van der Waals surface area contributed by atoms with Crippen LogP contribution in [0.3, 0.4) is 0 Å². The van der Waals surface area contributed by atoms with Crippen molar-refractivity contribution < 1.29 is 28.5 Å². The molecule has 2 aliphatic heterocycles. The lowest BCUT2D eigenvalue weighted by molar-refractivity contribution is -0.130. The number of aryl methyl sites for hydroxylation is 1. The number of cyclic esters (lactones) is 1. The van der Waals surface area contributed by atoms with E-state index in [1.165, 1.54) is 6.92 Å². The Labute approximate surface area is 208 Å². The fourth-order valence-corrected chi connectivity index (χ4v) is 4.49. The summed E-state index contributed by atoms with van der Waals surface area (Å²) in [7, 11) is 1.58. The van der Waals surface area contributed by atoms with Crippen LogP contribution in [0.2, 0.25) is 0 Å². The van der Waals surface area contributed by atoms with Gasteiger partial charge in [0.1, 0.15) is 19.3 Å². The third-order valence-corrected chi connectivity index (χ3v) is 6.31. The molecular weight excluding hydrogens is 464 g/mol. The van der Waals surface area contributed by atoms with Crippen molar-refractivity contribution in [3.8, 4) is 17.4 Å². The predicted octanol–water partition coefficient (Wildman–Crippen LogP) is 3.22. The summed E-state index contributed by atoms with van der Waals surface area (Å²) in [6.45, 7) is 3.70. The fourth-order valence-electron chi connectivity index (χ4n) is 4.49. The van der Waals surface area contributed by atoms with Gasteiger partial charge < -0.3 is 23.8 Å². The van der Waals surface area contributed by atoms with E-state index in [1.54, 1.807) is 41.3 Å². The lowest BCUT2D eigenvalue weighted by atomic mass is 10.1. The minimum atomic E-state index is -0.441. The van der Waals surface area contributed by atoms with Gasteiger partial charge in [-0.1, -0.05) is 0 Å². The molecular formula is C26H28N4O6. The van der Waals surface area contributed by atoms with E-state index in [9.17, 15) is 9.59 Å². The quantitative estimate of drug-likeness (QED) is 0.472. The first-order valence-corrected chi connectivity index (χ1v) is 11.9. The first-order valence-electron chi connectivity index (χ1n) is 11.9. The van der Waals surface area contributed by atoms with Crippen LogP contribution in [0.25, 0.3) is 11.0 Å². The second-order valence-corrected chi connectivity index (χ2v) is 8.70. The normalized spacial score (nSPS) is 16.7. The molecule has 0 aliphatic carbocycles. The van der Waals surface area contributed by atoms with Crippen LogP contribution in [-0.4, -0.2) is 72.9 Å². The fraction of sp³-hybridized carbons (Fsp3) is 0.385. The summed E-state index contributed by atoms with van der Waals surface area (Å²) in [5.41, 5.74) is 3.31. The molecule has 36 heavy (non-hydrogen) atoms. The lowest BCUT2D eigenvalue weighted by Gasteiger charge is -2.24. The molecule has 2 amide bonds. The Bertz CT molecular complexity index is 1280. The topological polar surface area (TPSA) is 103 Å². The summed E-state index contributed by atoms with van der Waals surface area (Å²) in [5.74, 6) is 1.74. The minimum Gasteiger partial charge on any atom is -0.486 e. The van der Waals surface area contributed by atoms with Crippen LogP contribution >= 0.6 is 0 Å². The second kappa shape index (κ2) is 10.3. The van der Waals surface area contributed by atoms with Crippen molar-refractivity contribution >= 4 is 28.7 Å². The van der Waals surface area contributed by atoms with Crippen molar-refractivity contribution in [1.29, 1.82) is 0 Å². The number of amides is 2. The summed E-state index contributed by atoms with van der Waals surface area (Å²) in [5, 5.41) is 0. The zero-order valence-electron chi connectivity index (χ0n) is 20.3. The molecule has 1 aromatic carbocycles. The van der Waals surface area contributed by atoms with Crippen molar-refractivity contribution in [3.05, 3.63) is 48.2 Å². The molecule has 3 aromatic rings. The maximum absolute atomic E-state index is 12.6. The number of ether oxygens (including phenoxy) is 4. The number of benzene rings is 1. The highest BCUT2D eigenvalue weighted by Crippen LogP contribution is 2.35. The van der Waals surface area contributed by atoms with Crippen LogP contribution in [0.4, 0.5) is 10.5 Å². The Morgan fingerprint density at radius 3 is 2.81 bits per heavy atom. The minimum absolute atomic E-state index is 0.0665. The molecule has 0 bridgehead atoms. The molecule has 5 rings (SSSR count). The zero-order chi connectivity index (χ0) is 25.1. The molecule has 1 atom stereocenters. The summed E-state index contributed by atoms with van der Waals surface area (Å²) in [4.78, 5) is 37.1. The van der Waals surface area contributed by atoms with Crippen LogP contribution in [0, 0.1) is 0 Å². The first kappa shape index (κ1) is 23.7. The molecule has 0 saturated carbocycles. The maximum atomic E-state index is 12.6. The van der Waals surface area contributed by atoms with Crippen LogP contribution < -0.4 is 19.1 Å². The highest BCUT2D eigenvalue weighted by molar-refractivity contribution is 5.90. The average molecular weight is 493 g/mol. The van der Waals surface area contributed by atoms with Gasteiger partial charge in [0.05, 0.1) is 36.9 Å². The van der Waals surface area contributed by atoms with Gasteiger partial charge in [0.25, 0.3) is 0 Å². The number of hydrogen-bond acceptors (Lipinski definition) is 8. The number of methoxy groups -OCH3 is 1. The Balaban J connectivity index is 1.21. The molecule has 2 aliphatic rings. The number of carbonyl (C=O) groups excluding carboxylic acids is 2. The van der Waals surface area contributed by atoms with Gasteiger partial charge in [-0.2, -0.15) is 0 Å². The smallest absolute Gasteiger partial charge is 0.414 e. The first-order chi connectivity index (χ1) is 17.5. The predicted molar refractivity (Wildman–Crippen MR) is 132 cm³/mol. The summed E-state index contributed by atoms with van der Waals surface area (Å²) < 4.78 is 22.0. The van der Waals surface area contributed by atoms with Gasteiger partial charge >= 0.3 is 6.09 Å². The van der Waals surface area contributed by atoms with E-state index in [4.69, 9.17) is 18.9 Å². The van der Waals surface area contributed by atoms with E-state index >= 15 is 0 Å². The third kappa shape index (κ3) is 4.98. The van der Waals surface area contributed by atoms with Gasteiger partial charge in [0.2, 0.25) is 11.8 Å². The van der Waals surface area contributed by atoms with Crippen LogP contribution in [-0.2, 0) is 16.0 Å².